The highest BCUT2D eigenvalue weighted by Crippen LogP contribution is 2.46. The van der Waals surface area contributed by atoms with E-state index in [1.54, 1.807) is 18.2 Å². The Bertz CT molecular complexity index is 832. The Balaban J connectivity index is 2.49. The summed E-state index contributed by atoms with van der Waals surface area (Å²) in [7, 11) is 0. The highest BCUT2D eigenvalue weighted by molar-refractivity contribution is 5.89. The number of benzene rings is 1. The minimum atomic E-state index is -6.67. The quantitative estimate of drug-likeness (QED) is 0.0976. The average Bonchev–Trinajstić information content (AvgIpc) is 2.88. The molecule has 0 aliphatic rings. The molecule has 1 rings (SSSR count). The number of esters is 1. The van der Waals surface area contributed by atoms with Crippen LogP contribution in [0.3, 0.4) is 0 Å². The maximum atomic E-state index is 13.8. The largest absolute Gasteiger partial charge is 0.464 e. The second-order valence-corrected chi connectivity index (χ2v) is 9.77. The van der Waals surface area contributed by atoms with Gasteiger partial charge >= 0.3 is 24.0 Å². The van der Waals surface area contributed by atoms with Gasteiger partial charge in [0.15, 0.2) is 0 Å². The van der Waals surface area contributed by atoms with Crippen molar-refractivity contribution < 1.29 is 45.1 Å². The maximum absolute atomic E-state index is 13.8. The highest BCUT2D eigenvalue weighted by atomic mass is 19.4. The van der Waals surface area contributed by atoms with Gasteiger partial charge in [-0.2, -0.15) is 30.7 Å². The van der Waals surface area contributed by atoms with E-state index in [-0.39, 0.29) is 6.61 Å². The zero-order valence-corrected chi connectivity index (χ0v) is 22.4. The molecule has 0 aromatic heterocycles. The van der Waals surface area contributed by atoms with E-state index in [0.29, 0.717) is 12.0 Å². The molecule has 1 aromatic carbocycles. The summed E-state index contributed by atoms with van der Waals surface area (Å²) in [6, 6.07) is 5.76. The molecule has 1 atom stereocenters. The zero-order valence-electron chi connectivity index (χ0n) is 22.4. The van der Waals surface area contributed by atoms with E-state index in [0.717, 1.165) is 32.1 Å². The number of hydrogen-bond donors (Lipinski definition) is 1. The molecule has 0 saturated heterocycles. The van der Waals surface area contributed by atoms with Crippen LogP contribution in [-0.2, 0) is 20.7 Å². The first-order chi connectivity index (χ1) is 18.3. The van der Waals surface area contributed by atoms with Crippen LogP contribution in [0, 0.1) is 0 Å². The summed E-state index contributed by atoms with van der Waals surface area (Å²) in [4.78, 5) is 24.3. The average molecular weight is 572 g/mol. The monoisotopic (exact) mass is 571 g/mol. The number of ether oxygens (including phenoxy) is 1. The summed E-state index contributed by atoms with van der Waals surface area (Å²) in [5.41, 5.74) is 0.353. The molecule has 0 aliphatic carbocycles. The lowest BCUT2D eigenvalue weighted by molar-refractivity contribution is -0.344. The second-order valence-electron chi connectivity index (χ2n) is 9.77. The number of halogens is 7. The van der Waals surface area contributed by atoms with Crippen LogP contribution in [0.1, 0.15) is 96.0 Å². The first-order valence-corrected chi connectivity index (χ1v) is 13.7. The molecule has 0 heterocycles. The number of nitrogens with one attached hydrogen (secondary N) is 1. The van der Waals surface area contributed by atoms with Gasteiger partial charge in [-0.1, -0.05) is 114 Å². The van der Waals surface area contributed by atoms with Crippen LogP contribution in [0.25, 0.3) is 0 Å². The first-order valence-electron chi connectivity index (χ1n) is 13.7. The van der Waals surface area contributed by atoms with Crippen molar-refractivity contribution in [1.82, 2.24) is 5.32 Å². The number of unbranched alkanes of at least 4 members (excludes halogenated alkanes) is 12. The number of amides is 1. The van der Waals surface area contributed by atoms with Crippen molar-refractivity contribution in [3.8, 4) is 0 Å². The molecule has 1 amide bonds. The van der Waals surface area contributed by atoms with Crippen molar-refractivity contribution in [1.29, 1.82) is 0 Å². The van der Waals surface area contributed by atoms with Crippen LogP contribution in [-0.4, -0.2) is 42.5 Å². The highest BCUT2D eigenvalue weighted by Gasteiger charge is 2.76. The van der Waals surface area contributed by atoms with E-state index in [1.165, 1.54) is 62.4 Å². The first kappa shape index (κ1) is 34.7. The minimum Gasteiger partial charge on any atom is -0.464 e. The fraction of sp³-hybridized carbons (Fsp3) is 0.714. The smallest absolute Gasteiger partial charge is 0.460 e. The van der Waals surface area contributed by atoms with Crippen LogP contribution < -0.4 is 5.32 Å². The minimum absolute atomic E-state index is 0.104. The molecule has 1 aromatic rings. The molecule has 1 N–H and O–H groups in total. The van der Waals surface area contributed by atoms with Crippen LogP contribution >= 0.6 is 0 Å². The summed E-state index contributed by atoms with van der Waals surface area (Å²) >= 11 is 0. The molecule has 0 bridgehead atoms. The summed E-state index contributed by atoms with van der Waals surface area (Å²) in [5.74, 6) is -16.9. The van der Waals surface area contributed by atoms with Gasteiger partial charge < -0.3 is 10.1 Å². The predicted molar refractivity (Wildman–Crippen MR) is 135 cm³/mol. The molecular formula is C28H40F7NO3. The van der Waals surface area contributed by atoms with E-state index in [4.69, 9.17) is 4.74 Å². The Morgan fingerprint density at radius 1 is 0.744 bits per heavy atom. The predicted octanol–water partition coefficient (Wildman–Crippen LogP) is 8.18. The third kappa shape index (κ3) is 12.2. The van der Waals surface area contributed by atoms with Gasteiger partial charge in [-0.3, -0.25) is 4.79 Å². The maximum Gasteiger partial charge on any atom is 0.460 e. The van der Waals surface area contributed by atoms with Crippen molar-refractivity contribution in [2.45, 2.75) is 121 Å². The van der Waals surface area contributed by atoms with E-state index < -0.39 is 42.4 Å². The molecule has 0 radical (unpaired) electrons. The summed E-state index contributed by atoms with van der Waals surface area (Å²) in [5, 5.41) is 1.34. The molecular weight excluding hydrogens is 531 g/mol. The van der Waals surface area contributed by atoms with Crippen LogP contribution in [0.4, 0.5) is 30.7 Å². The third-order valence-corrected chi connectivity index (χ3v) is 6.40. The molecule has 4 nitrogen and oxygen atoms in total. The van der Waals surface area contributed by atoms with Crippen LogP contribution in [0.2, 0.25) is 0 Å². The number of alkyl halides is 7. The third-order valence-electron chi connectivity index (χ3n) is 6.40. The van der Waals surface area contributed by atoms with E-state index in [9.17, 15) is 40.3 Å². The number of hydrogen-bond acceptors (Lipinski definition) is 3. The lowest BCUT2D eigenvalue weighted by Crippen LogP contribution is -2.61. The molecule has 1 unspecified atom stereocenters. The fourth-order valence-corrected chi connectivity index (χ4v) is 4.01. The van der Waals surface area contributed by atoms with Gasteiger partial charge in [-0.15, -0.1) is 0 Å². The SMILES string of the molecule is CCCCCCCCCCCCCCCOC(=O)C(Cc1ccccc1)NC(=O)C(F)(F)C(F)(F)C(F)(F)F. The van der Waals surface area contributed by atoms with E-state index >= 15 is 0 Å². The topological polar surface area (TPSA) is 55.4 Å². The molecule has 11 heteroatoms. The lowest BCUT2D eigenvalue weighted by atomic mass is 10.0. The lowest BCUT2D eigenvalue weighted by Gasteiger charge is -2.28. The Kier molecular flexibility index (Phi) is 15.5. The van der Waals surface area contributed by atoms with Crippen molar-refractivity contribution in [3.05, 3.63) is 35.9 Å². The normalized spacial score (nSPS) is 13.2. The molecule has 0 aliphatic heterocycles. The van der Waals surface area contributed by atoms with Crippen molar-refractivity contribution in [2.75, 3.05) is 6.61 Å². The second kappa shape index (κ2) is 17.4. The van der Waals surface area contributed by atoms with Gasteiger partial charge in [0.05, 0.1) is 6.61 Å². The Morgan fingerprint density at radius 3 is 1.67 bits per heavy atom. The van der Waals surface area contributed by atoms with Crippen LogP contribution in [0.5, 0.6) is 0 Å². The zero-order chi connectivity index (χ0) is 29.4. The van der Waals surface area contributed by atoms with E-state index in [1.807, 2.05) is 0 Å². The van der Waals surface area contributed by atoms with E-state index in [2.05, 4.69) is 6.92 Å². The van der Waals surface area contributed by atoms with Gasteiger partial charge in [0.2, 0.25) is 0 Å². The van der Waals surface area contributed by atoms with Gasteiger partial charge in [0.25, 0.3) is 5.91 Å². The summed E-state index contributed by atoms with van der Waals surface area (Å²) in [6.07, 6.45) is 7.04. The Labute approximate surface area is 226 Å². The van der Waals surface area contributed by atoms with Crippen LogP contribution in [0.15, 0.2) is 30.3 Å². The summed E-state index contributed by atoms with van der Waals surface area (Å²) in [6.45, 7) is 2.08. The summed E-state index contributed by atoms with van der Waals surface area (Å²) < 4.78 is 96.6. The molecule has 0 spiro atoms. The molecule has 39 heavy (non-hydrogen) atoms. The molecule has 0 fully saturated rings. The molecule has 0 saturated carbocycles. The van der Waals surface area contributed by atoms with Crippen molar-refractivity contribution >= 4 is 11.9 Å². The Morgan fingerprint density at radius 2 is 1.21 bits per heavy atom. The van der Waals surface area contributed by atoms with Gasteiger partial charge in [0, 0.05) is 6.42 Å². The number of carbonyl (C=O) groups excluding carboxylic acids is 2. The van der Waals surface area contributed by atoms with Crippen molar-refractivity contribution in [2.24, 2.45) is 0 Å². The van der Waals surface area contributed by atoms with Gasteiger partial charge in [0.1, 0.15) is 6.04 Å². The standard InChI is InChI=1S/C28H40F7NO3/c1-2-3-4-5-6-7-8-9-10-11-12-13-17-20-39-24(37)23(21-22-18-15-14-16-19-22)36-25(38)26(29,30)27(31,32)28(33,34)35/h14-16,18-19,23H,2-13,17,20-21H2,1H3,(H,36,38). The fourth-order valence-electron chi connectivity index (χ4n) is 4.01. The number of carbonyl (C=O) groups is 2. The van der Waals surface area contributed by atoms with Gasteiger partial charge in [-0.05, 0) is 12.0 Å². The Hall–Kier alpha value is -2.33. The van der Waals surface area contributed by atoms with Gasteiger partial charge in [-0.25, -0.2) is 4.79 Å². The number of rotatable bonds is 20. The van der Waals surface area contributed by atoms with Crippen molar-refractivity contribution in [3.63, 3.8) is 0 Å². The molecule has 224 valence electrons.